The molecule has 0 aliphatic carbocycles. The largest absolute Gasteiger partial charge is 0.493 e. The van der Waals surface area contributed by atoms with Crippen LogP contribution in [0.15, 0.2) is 47.1 Å². The quantitative estimate of drug-likeness (QED) is 0.577. The molecule has 26 heavy (non-hydrogen) atoms. The maximum atomic E-state index is 12.2. The number of rotatable bonds is 5. The Kier molecular flexibility index (Phi) is 5.28. The molecule has 0 saturated carbocycles. The van der Waals surface area contributed by atoms with Gasteiger partial charge in [0.05, 0.1) is 18.7 Å². The van der Waals surface area contributed by atoms with Crippen LogP contribution in [-0.2, 0) is 9.53 Å². The van der Waals surface area contributed by atoms with Crippen molar-refractivity contribution >= 4 is 29.5 Å². The van der Waals surface area contributed by atoms with E-state index < -0.39 is 5.97 Å². The number of carbonyl (C=O) groups excluding carboxylic acids is 1. The SMILES string of the molecule is CCOc1c(Cl)cc(/C=C2/N=C(c3cccc(C)c3)OC2=O)cc1OC. The molecule has 6 heteroatoms. The molecule has 0 saturated heterocycles. The van der Waals surface area contributed by atoms with Gasteiger partial charge < -0.3 is 14.2 Å². The number of methoxy groups -OCH3 is 1. The monoisotopic (exact) mass is 371 g/mol. The Balaban J connectivity index is 1.97. The van der Waals surface area contributed by atoms with Gasteiger partial charge in [0.15, 0.2) is 17.2 Å². The molecule has 0 fully saturated rings. The molecule has 1 aliphatic heterocycles. The van der Waals surface area contributed by atoms with E-state index in [0.717, 1.165) is 11.1 Å². The van der Waals surface area contributed by atoms with Gasteiger partial charge in [-0.25, -0.2) is 9.79 Å². The van der Waals surface area contributed by atoms with E-state index >= 15 is 0 Å². The number of aryl methyl sites for hydroxylation is 1. The molecule has 0 unspecified atom stereocenters. The topological polar surface area (TPSA) is 57.1 Å². The fourth-order valence-electron chi connectivity index (χ4n) is 2.58. The van der Waals surface area contributed by atoms with Crippen LogP contribution in [0, 0.1) is 6.92 Å². The molecule has 0 aromatic heterocycles. The van der Waals surface area contributed by atoms with Crippen LogP contribution in [0.5, 0.6) is 11.5 Å². The second-order valence-corrected chi connectivity index (χ2v) is 6.08. The Hall–Kier alpha value is -2.79. The lowest BCUT2D eigenvalue weighted by Gasteiger charge is -2.11. The molecular formula is C20H18ClNO4. The lowest BCUT2D eigenvalue weighted by atomic mass is 10.1. The number of benzene rings is 2. The van der Waals surface area contributed by atoms with E-state index in [0.29, 0.717) is 28.7 Å². The third-order valence-electron chi connectivity index (χ3n) is 3.73. The number of cyclic esters (lactones) is 1. The van der Waals surface area contributed by atoms with Gasteiger partial charge >= 0.3 is 5.97 Å². The van der Waals surface area contributed by atoms with Crippen molar-refractivity contribution in [2.45, 2.75) is 13.8 Å². The van der Waals surface area contributed by atoms with Gasteiger partial charge in [-0.3, -0.25) is 0 Å². The van der Waals surface area contributed by atoms with Crippen LogP contribution in [0.2, 0.25) is 5.02 Å². The minimum Gasteiger partial charge on any atom is -0.493 e. The van der Waals surface area contributed by atoms with Gasteiger partial charge in [0.2, 0.25) is 5.90 Å². The van der Waals surface area contributed by atoms with Crippen LogP contribution in [0.25, 0.3) is 6.08 Å². The highest BCUT2D eigenvalue weighted by Crippen LogP contribution is 2.37. The van der Waals surface area contributed by atoms with Crippen molar-refractivity contribution in [3.63, 3.8) is 0 Å². The highest BCUT2D eigenvalue weighted by molar-refractivity contribution is 6.32. The maximum Gasteiger partial charge on any atom is 0.363 e. The van der Waals surface area contributed by atoms with Crippen LogP contribution in [0.4, 0.5) is 0 Å². The van der Waals surface area contributed by atoms with Crippen molar-refractivity contribution in [3.05, 3.63) is 63.8 Å². The highest BCUT2D eigenvalue weighted by atomic mass is 35.5. The number of hydrogen-bond acceptors (Lipinski definition) is 5. The summed E-state index contributed by atoms with van der Waals surface area (Å²) >= 11 is 6.27. The molecule has 0 N–H and O–H groups in total. The number of nitrogens with zero attached hydrogens (tertiary/aromatic N) is 1. The van der Waals surface area contributed by atoms with Crippen LogP contribution in [0.3, 0.4) is 0 Å². The van der Waals surface area contributed by atoms with Crippen molar-refractivity contribution in [1.82, 2.24) is 0 Å². The predicted octanol–water partition coefficient (Wildman–Crippen LogP) is 4.40. The molecule has 1 heterocycles. The molecule has 0 atom stereocenters. The summed E-state index contributed by atoms with van der Waals surface area (Å²) in [6.45, 7) is 4.29. The van der Waals surface area contributed by atoms with Gasteiger partial charge in [0.25, 0.3) is 0 Å². The summed E-state index contributed by atoms with van der Waals surface area (Å²) in [5.74, 6) is 0.733. The van der Waals surface area contributed by atoms with Crippen molar-refractivity contribution < 1.29 is 19.0 Å². The summed E-state index contributed by atoms with van der Waals surface area (Å²) in [4.78, 5) is 16.5. The second kappa shape index (κ2) is 7.62. The summed E-state index contributed by atoms with van der Waals surface area (Å²) in [6, 6.07) is 11.0. The number of aliphatic imine (C=N–C) groups is 1. The van der Waals surface area contributed by atoms with E-state index in [1.54, 1.807) is 18.2 Å². The average molecular weight is 372 g/mol. The van der Waals surface area contributed by atoms with E-state index in [4.69, 9.17) is 25.8 Å². The van der Waals surface area contributed by atoms with E-state index in [2.05, 4.69) is 4.99 Å². The van der Waals surface area contributed by atoms with Crippen LogP contribution in [-0.4, -0.2) is 25.6 Å². The number of esters is 1. The third kappa shape index (κ3) is 3.73. The van der Waals surface area contributed by atoms with Crippen molar-refractivity contribution in [2.75, 3.05) is 13.7 Å². The third-order valence-corrected chi connectivity index (χ3v) is 4.01. The summed E-state index contributed by atoms with van der Waals surface area (Å²) in [7, 11) is 1.53. The van der Waals surface area contributed by atoms with Gasteiger partial charge in [-0.05, 0) is 49.8 Å². The van der Waals surface area contributed by atoms with Gasteiger partial charge in [-0.1, -0.05) is 29.3 Å². The molecule has 0 bridgehead atoms. The Morgan fingerprint density at radius 1 is 1.27 bits per heavy atom. The van der Waals surface area contributed by atoms with Crippen LogP contribution >= 0.6 is 11.6 Å². The molecule has 2 aromatic carbocycles. The van der Waals surface area contributed by atoms with Gasteiger partial charge in [-0.15, -0.1) is 0 Å². The van der Waals surface area contributed by atoms with Crippen molar-refractivity contribution in [2.24, 2.45) is 4.99 Å². The minimum absolute atomic E-state index is 0.198. The summed E-state index contributed by atoms with van der Waals surface area (Å²) in [5.41, 5.74) is 2.67. The van der Waals surface area contributed by atoms with Crippen molar-refractivity contribution in [1.29, 1.82) is 0 Å². The smallest absolute Gasteiger partial charge is 0.363 e. The molecule has 0 amide bonds. The number of carbonyl (C=O) groups is 1. The molecule has 3 rings (SSSR count). The van der Waals surface area contributed by atoms with E-state index in [9.17, 15) is 4.79 Å². The fraction of sp³-hybridized carbons (Fsp3) is 0.200. The molecule has 134 valence electrons. The van der Waals surface area contributed by atoms with Gasteiger partial charge in [0.1, 0.15) is 0 Å². The zero-order valence-corrected chi connectivity index (χ0v) is 15.5. The van der Waals surface area contributed by atoms with Gasteiger partial charge in [0, 0.05) is 5.56 Å². The maximum absolute atomic E-state index is 12.2. The first-order valence-electron chi connectivity index (χ1n) is 8.11. The molecule has 5 nitrogen and oxygen atoms in total. The minimum atomic E-state index is -0.509. The summed E-state index contributed by atoms with van der Waals surface area (Å²) in [5, 5.41) is 0.396. The Morgan fingerprint density at radius 3 is 2.77 bits per heavy atom. The Labute approximate surface area is 156 Å². The fourth-order valence-corrected chi connectivity index (χ4v) is 2.85. The Morgan fingerprint density at radius 2 is 2.08 bits per heavy atom. The molecule has 1 aliphatic rings. The lowest BCUT2D eigenvalue weighted by Crippen LogP contribution is -2.05. The first kappa shape index (κ1) is 18.0. The molecule has 0 radical (unpaired) electrons. The number of hydrogen-bond donors (Lipinski definition) is 0. The average Bonchev–Trinajstić information content (AvgIpc) is 2.98. The van der Waals surface area contributed by atoms with Crippen molar-refractivity contribution in [3.8, 4) is 11.5 Å². The van der Waals surface area contributed by atoms with E-state index in [-0.39, 0.29) is 11.6 Å². The zero-order valence-electron chi connectivity index (χ0n) is 14.7. The molecule has 0 spiro atoms. The second-order valence-electron chi connectivity index (χ2n) is 5.67. The summed E-state index contributed by atoms with van der Waals surface area (Å²) in [6.07, 6.45) is 1.61. The van der Waals surface area contributed by atoms with Crippen LogP contribution in [0.1, 0.15) is 23.6 Å². The zero-order chi connectivity index (χ0) is 18.7. The molecular weight excluding hydrogens is 354 g/mol. The number of ether oxygens (including phenoxy) is 3. The first-order chi connectivity index (χ1) is 12.5. The summed E-state index contributed by atoms with van der Waals surface area (Å²) < 4.78 is 16.1. The number of halogens is 1. The molecule has 2 aromatic rings. The van der Waals surface area contributed by atoms with E-state index in [1.165, 1.54) is 7.11 Å². The first-order valence-corrected chi connectivity index (χ1v) is 8.49. The van der Waals surface area contributed by atoms with E-state index in [1.807, 2.05) is 38.1 Å². The van der Waals surface area contributed by atoms with Gasteiger partial charge in [-0.2, -0.15) is 0 Å². The lowest BCUT2D eigenvalue weighted by molar-refractivity contribution is -0.129. The standard InChI is InChI=1S/C20H18ClNO4/c1-4-25-18-15(21)9-13(11-17(18)24-3)10-16-20(23)26-19(22-16)14-7-5-6-12(2)8-14/h5-11H,4H2,1-3H3/b16-10+. The predicted molar refractivity (Wildman–Crippen MR) is 101 cm³/mol. The normalized spacial score (nSPS) is 15.0. The Bertz CT molecular complexity index is 918. The highest BCUT2D eigenvalue weighted by Gasteiger charge is 2.24. The van der Waals surface area contributed by atoms with Crippen LogP contribution < -0.4 is 9.47 Å².